The zero-order valence-electron chi connectivity index (χ0n) is 17.0. The van der Waals surface area contributed by atoms with Crippen LogP contribution < -0.4 is 5.32 Å². The van der Waals surface area contributed by atoms with Crippen molar-refractivity contribution in [1.29, 1.82) is 0 Å². The molecule has 0 aliphatic carbocycles. The van der Waals surface area contributed by atoms with Gasteiger partial charge >= 0.3 is 5.97 Å². The predicted molar refractivity (Wildman–Crippen MR) is 114 cm³/mol. The van der Waals surface area contributed by atoms with E-state index < -0.39 is 12.0 Å². The monoisotopic (exact) mass is 406 g/mol. The van der Waals surface area contributed by atoms with Crippen molar-refractivity contribution in [2.45, 2.75) is 25.8 Å². The summed E-state index contributed by atoms with van der Waals surface area (Å²) in [7, 11) is 0. The SMILES string of the molecule is CC(=O)N[C@@H](CC(=O)OCC(=O)N1CC=C(c2ccccc2)CC1)c1ccccc1. The minimum absolute atomic E-state index is 0.0328. The Labute approximate surface area is 176 Å². The molecule has 1 aliphatic heterocycles. The second-order valence-electron chi connectivity index (χ2n) is 7.21. The molecular weight excluding hydrogens is 380 g/mol. The first-order valence-corrected chi connectivity index (χ1v) is 10.0. The van der Waals surface area contributed by atoms with Gasteiger partial charge in [0.25, 0.3) is 5.91 Å². The fraction of sp³-hybridized carbons (Fsp3) is 0.292. The number of carbonyl (C=O) groups is 3. The van der Waals surface area contributed by atoms with E-state index in [0.717, 1.165) is 12.0 Å². The Hall–Kier alpha value is -3.41. The molecule has 0 bridgehead atoms. The molecule has 0 saturated heterocycles. The summed E-state index contributed by atoms with van der Waals surface area (Å²) in [5.41, 5.74) is 3.20. The highest BCUT2D eigenvalue weighted by molar-refractivity contribution is 5.82. The average Bonchev–Trinajstić information content (AvgIpc) is 2.78. The van der Waals surface area contributed by atoms with Crippen LogP contribution >= 0.6 is 0 Å². The number of nitrogens with zero attached hydrogens (tertiary/aromatic N) is 1. The third-order valence-electron chi connectivity index (χ3n) is 5.01. The van der Waals surface area contributed by atoms with E-state index in [4.69, 9.17) is 4.74 Å². The van der Waals surface area contributed by atoms with E-state index in [1.807, 2.05) is 54.6 Å². The molecule has 2 aromatic carbocycles. The van der Waals surface area contributed by atoms with E-state index in [1.165, 1.54) is 18.1 Å². The van der Waals surface area contributed by atoms with Crippen LogP contribution in [-0.4, -0.2) is 42.4 Å². The number of rotatable bonds is 7. The number of carbonyl (C=O) groups excluding carboxylic acids is 3. The molecule has 2 amide bonds. The predicted octanol–water partition coefficient (Wildman–Crippen LogP) is 3.11. The van der Waals surface area contributed by atoms with Crippen LogP contribution in [0.4, 0.5) is 0 Å². The summed E-state index contributed by atoms with van der Waals surface area (Å²) in [6.07, 6.45) is 2.78. The maximum Gasteiger partial charge on any atom is 0.308 e. The van der Waals surface area contributed by atoms with Crippen molar-refractivity contribution in [1.82, 2.24) is 10.2 Å². The summed E-state index contributed by atoms with van der Waals surface area (Å²) in [4.78, 5) is 37.9. The van der Waals surface area contributed by atoms with Crippen LogP contribution in [0.1, 0.15) is 36.9 Å². The van der Waals surface area contributed by atoms with Crippen molar-refractivity contribution in [2.24, 2.45) is 0 Å². The van der Waals surface area contributed by atoms with E-state index in [-0.39, 0.29) is 24.8 Å². The quantitative estimate of drug-likeness (QED) is 0.717. The van der Waals surface area contributed by atoms with Gasteiger partial charge in [-0.2, -0.15) is 0 Å². The fourth-order valence-electron chi connectivity index (χ4n) is 3.45. The number of amides is 2. The minimum Gasteiger partial charge on any atom is -0.455 e. The maximum absolute atomic E-state index is 12.4. The van der Waals surface area contributed by atoms with Gasteiger partial charge in [0.05, 0.1) is 12.5 Å². The molecule has 6 nitrogen and oxygen atoms in total. The Balaban J connectivity index is 1.50. The molecule has 1 N–H and O–H groups in total. The molecule has 1 atom stereocenters. The van der Waals surface area contributed by atoms with Crippen molar-refractivity contribution in [2.75, 3.05) is 19.7 Å². The van der Waals surface area contributed by atoms with Gasteiger partial charge in [-0.15, -0.1) is 0 Å². The number of hydrogen-bond acceptors (Lipinski definition) is 4. The fourth-order valence-corrected chi connectivity index (χ4v) is 3.45. The molecule has 3 rings (SSSR count). The van der Waals surface area contributed by atoms with Crippen LogP contribution in [0.25, 0.3) is 5.57 Å². The Morgan fingerprint density at radius 3 is 2.30 bits per heavy atom. The number of ether oxygens (including phenoxy) is 1. The summed E-state index contributed by atoms with van der Waals surface area (Å²) in [6, 6.07) is 18.8. The zero-order chi connectivity index (χ0) is 21.3. The first-order valence-electron chi connectivity index (χ1n) is 10.0. The lowest BCUT2D eigenvalue weighted by Crippen LogP contribution is -2.38. The Morgan fingerprint density at radius 1 is 1.03 bits per heavy atom. The van der Waals surface area contributed by atoms with Gasteiger partial charge in [0, 0.05) is 20.0 Å². The zero-order valence-corrected chi connectivity index (χ0v) is 17.0. The van der Waals surface area contributed by atoms with Crippen LogP contribution in [-0.2, 0) is 19.1 Å². The lowest BCUT2D eigenvalue weighted by atomic mass is 10.00. The molecule has 0 unspecified atom stereocenters. The molecule has 6 heteroatoms. The number of hydrogen-bond donors (Lipinski definition) is 1. The third kappa shape index (κ3) is 6.04. The van der Waals surface area contributed by atoms with Crippen LogP contribution in [0.15, 0.2) is 66.7 Å². The topological polar surface area (TPSA) is 75.7 Å². The van der Waals surface area contributed by atoms with Crippen LogP contribution in [0, 0.1) is 0 Å². The van der Waals surface area contributed by atoms with Gasteiger partial charge in [0.2, 0.25) is 5.91 Å². The summed E-state index contributed by atoms with van der Waals surface area (Å²) in [5.74, 6) is -0.979. The van der Waals surface area contributed by atoms with Gasteiger partial charge in [-0.25, -0.2) is 0 Å². The number of nitrogens with one attached hydrogen (secondary N) is 1. The van der Waals surface area contributed by atoms with Gasteiger partial charge in [-0.05, 0) is 23.1 Å². The second kappa shape index (κ2) is 10.4. The van der Waals surface area contributed by atoms with Crippen molar-refractivity contribution in [3.8, 4) is 0 Å². The van der Waals surface area contributed by atoms with Gasteiger partial charge in [0.15, 0.2) is 6.61 Å². The highest BCUT2D eigenvalue weighted by atomic mass is 16.5. The molecule has 1 heterocycles. The molecule has 0 radical (unpaired) electrons. The van der Waals surface area contributed by atoms with Gasteiger partial charge in [-0.3, -0.25) is 14.4 Å². The van der Waals surface area contributed by atoms with Crippen molar-refractivity contribution >= 4 is 23.4 Å². The van der Waals surface area contributed by atoms with E-state index >= 15 is 0 Å². The molecule has 0 aromatic heterocycles. The normalized spacial score (nSPS) is 14.4. The van der Waals surface area contributed by atoms with Crippen molar-refractivity contribution in [3.05, 3.63) is 77.9 Å². The Kier molecular flexibility index (Phi) is 7.38. The van der Waals surface area contributed by atoms with Gasteiger partial charge < -0.3 is 15.0 Å². The smallest absolute Gasteiger partial charge is 0.308 e. The maximum atomic E-state index is 12.4. The molecule has 0 fully saturated rings. The van der Waals surface area contributed by atoms with Crippen LogP contribution in [0.2, 0.25) is 0 Å². The lowest BCUT2D eigenvalue weighted by molar-refractivity contribution is -0.152. The summed E-state index contributed by atoms with van der Waals surface area (Å²) in [6.45, 7) is 2.20. The summed E-state index contributed by atoms with van der Waals surface area (Å²) >= 11 is 0. The molecule has 2 aromatic rings. The van der Waals surface area contributed by atoms with E-state index in [1.54, 1.807) is 4.90 Å². The minimum atomic E-state index is -0.525. The largest absolute Gasteiger partial charge is 0.455 e. The highest BCUT2D eigenvalue weighted by Gasteiger charge is 2.21. The molecule has 156 valence electrons. The van der Waals surface area contributed by atoms with Crippen LogP contribution in [0.5, 0.6) is 0 Å². The number of benzene rings is 2. The first-order chi connectivity index (χ1) is 14.5. The van der Waals surface area contributed by atoms with E-state index in [2.05, 4.69) is 17.4 Å². The van der Waals surface area contributed by atoms with Gasteiger partial charge in [-0.1, -0.05) is 66.7 Å². The Bertz CT molecular complexity index is 909. The van der Waals surface area contributed by atoms with E-state index in [0.29, 0.717) is 13.1 Å². The molecule has 0 spiro atoms. The lowest BCUT2D eigenvalue weighted by Gasteiger charge is -2.26. The Morgan fingerprint density at radius 2 is 1.70 bits per heavy atom. The highest BCUT2D eigenvalue weighted by Crippen LogP contribution is 2.22. The molecule has 30 heavy (non-hydrogen) atoms. The third-order valence-corrected chi connectivity index (χ3v) is 5.01. The average molecular weight is 406 g/mol. The van der Waals surface area contributed by atoms with Gasteiger partial charge in [0.1, 0.15) is 0 Å². The molecular formula is C24H26N2O4. The van der Waals surface area contributed by atoms with Crippen LogP contribution in [0.3, 0.4) is 0 Å². The van der Waals surface area contributed by atoms with Crippen molar-refractivity contribution in [3.63, 3.8) is 0 Å². The second-order valence-corrected chi connectivity index (χ2v) is 7.21. The van der Waals surface area contributed by atoms with Crippen molar-refractivity contribution < 1.29 is 19.1 Å². The number of esters is 1. The first kappa shape index (κ1) is 21.3. The molecule has 1 aliphatic rings. The molecule has 0 saturated carbocycles. The summed E-state index contributed by atoms with van der Waals surface area (Å²) in [5, 5.41) is 2.76. The van der Waals surface area contributed by atoms with E-state index in [9.17, 15) is 14.4 Å². The summed E-state index contributed by atoms with van der Waals surface area (Å²) < 4.78 is 5.20. The standard InChI is InChI=1S/C24H26N2O4/c1-18(27)25-22(21-10-6-3-7-11-21)16-24(29)30-17-23(28)26-14-12-20(13-15-26)19-8-4-2-5-9-19/h2-12,22H,13-17H2,1H3,(H,25,27)/t22-/m0/s1.